The van der Waals surface area contributed by atoms with Gasteiger partial charge in [-0.3, -0.25) is 0 Å². The van der Waals surface area contributed by atoms with Crippen LogP contribution in [0.25, 0.3) is 0 Å². The Bertz CT molecular complexity index is 238. The van der Waals surface area contributed by atoms with E-state index >= 15 is 0 Å². The normalized spacial score (nSPS) is 17.9. The van der Waals surface area contributed by atoms with Crippen LogP contribution < -0.4 is 0 Å². The average molecular weight is 260 g/mol. The van der Waals surface area contributed by atoms with Crippen molar-refractivity contribution in [3.63, 3.8) is 0 Å². The van der Waals surface area contributed by atoms with Gasteiger partial charge >= 0.3 is 0 Å². The van der Waals surface area contributed by atoms with Gasteiger partial charge in [0.05, 0.1) is 13.2 Å². The molecule has 0 saturated carbocycles. The van der Waals surface area contributed by atoms with E-state index in [4.69, 9.17) is 4.74 Å². The highest BCUT2D eigenvalue weighted by atomic mass is 127. The van der Waals surface area contributed by atoms with Crippen LogP contribution in [0.15, 0.2) is 24.3 Å². The Hall–Kier alpha value is -0.0900. The van der Waals surface area contributed by atoms with E-state index in [0.29, 0.717) is 5.92 Å². The molecule has 0 amide bonds. The van der Waals surface area contributed by atoms with Gasteiger partial charge in [0.15, 0.2) is 0 Å². The molecule has 1 aliphatic heterocycles. The molecule has 58 valence electrons. The molecule has 0 spiro atoms. The van der Waals surface area contributed by atoms with E-state index in [1.54, 1.807) is 0 Å². The fourth-order valence-electron chi connectivity index (χ4n) is 1.16. The highest BCUT2D eigenvalue weighted by Crippen LogP contribution is 2.24. The van der Waals surface area contributed by atoms with Crippen molar-refractivity contribution in [3.05, 3.63) is 33.4 Å². The van der Waals surface area contributed by atoms with E-state index in [2.05, 4.69) is 46.9 Å². The number of benzene rings is 1. The Morgan fingerprint density at radius 2 is 1.82 bits per heavy atom. The maximum absolute atomic E-state index is 5.12. The van der Waals surface area contributed by atoms with Gasteiger partial charge in [0.1, 0.15) is 0 Å². The number of hydrogen-bond donors (Lipinski definition) is 0. The second-order valence-electron chi connectivity index (χ2n) is 2.79. The van der Waals surface area contributed by atoms with Gasteiger partial charge < -0.3 is 4.74 Å². The van der Waals surface area contributed by atoms with Crippen molar-refractivity contribution < 1.29 is 4.74 Å². The molecule has 2 rings (SSSR count). The molecular weight excluding hydrogens is 251 g/mol. The maximum Gasteiger partial charge on any atom is 0.0557 e. The third-order valence-electron chi connectivity index (χ3n) is 1.98. The van der Waals surface area contributed by atoms with Crippen molar-refractivity contribution in [2.24, 2.45) is 0 Å². The zero-order valence-corrected chi connectivity index (χ0v) is 8.24. The first-order chi connectivity index (χ1) is 5.36. The summed E-state index contributed by atoms with van der Waals surface area (Å²) < 4.78 is 6.42. The van der Waals surface area contributed by atoms with Crippen LogP contribution in [0.4, 0.5) is 0 Å². The third-order valence-corrected chi connectivity index (χ3v) is 2.70. The Morgan fingerprint density at radius 1 is 1.18 bits per heavy atom. The Balaban J connectivity index is 2.18. The molecule has 0 aliphatic carbocycles. The van der Waals surface area contributed by atoms with Crippen LogP contribution in [0.2, 0.25) is 0 Å². The summed E-state index contributed by atoms with van der Waals surface area (Å²) in [7, 11) is 0. The molecule has 11 heavy (non-hydrogen) atoms. The molecule has 2 heteroatoms. The van der Waals surface area contributed by atoms with E-state index in [9.17, 15) is 0 Å². The summed E-state index contributed by atoms with van der Waals surface area (Å²) in [5.41, 5.74) is 1.41. The number of hydrogen-bond acceptors (Lipinski definition) is 1. The highest BCUT2D eigenvalue weighted by Gasteiger charge is 2.19. The first kappa shape index (κ1) is 7.55. The van der Waals surface area contributed by atoms with Crippen LogP contribution >= 0.6 is 22.6 Å². The lowest BCUT2D eigenvalue weighted by Crippen LogP contribution is -2.24. The minimum atomic E-state index is 0.659. The van der Waals surface area contributed by atoms with Crippen molar-refractivity contribution in [2.75, 3.05) is 13.2 Å². The number of ether oxygens (including phenoxy) is 1. The van der Waals surface area contributed by atoms with Gasteiger partial charge in [-0.15, -0.1) is 0 Å². The summed E-state index contributed by atoms with van der Waals surface area (Å²) in [6.07, 6.45) is 0. The van der Waals surface area contributed by atoms with Gasteiger partial charge in [-0.25, -0.2) is 0 Å². The first-order valence-electron chi connectivity index (χ1n) is 3.69. The molecule has 0 bridgehead atoms. The minimum Gasteiger partial charge on any atom is -0.380 e. The monoisotopic (exact) mass is 260 g/mol. The van der Waals surface area contributed by atoms with Gasteiger partial charge in [-0.1, -0.05) is 12.1 Å². The van der Waals surface area contributed by atoms with Crippen LogP contribution in [-0.2, 0) is 4.74 Å². The van der Waals surface area contributed by atoms with Crippen LogP contribution in [0.5, 0.6) is 0 Å². The van der Waals surface area contributed by atoms with E-state index in [0.717, 1.165) is 13.2 Å². The molecule has 0 radical (unpaired) electrons. The molecule has 1 fully saturated rings. The van der Waals surface area contributed by atoms with Crippen molar-refractivity contribution in [1.82, 2.24) is 0 Å². The molecule has 1 aliphatic rings. The van der Waals surface area contributed by atoms with E-state index in [1.165, 1.54) is 9.13 Å². The fourth-order valence-corrected chi connectivity index (χ4v) is 1.52. The van der Waals surface area contributed by atoms with Gasteiger partial charge in [0, 0.05) is 9.49 Å². The smallest absolute Gasteiger partial charge is 0.0557 e. The first-order valence-corrected chi connectivity index (χ1v) is 4.77. The van der Waals surface area contributed by atoms with Gasteiger partial charge in [0.25, 0.3) is 0 Å². The van der Waals surface area contributed by atoms with E-state index in [1.807, 2.05) is 0 Å². The minimum absolute atomic E-state index is 0.659. The quantitative estimate of drug-likeness (QED) is 0.704. The van der Waals surface area contributed by atoms with Crippen LogP contribution in [0.3, 0.4) is 0 Å². The topological polar surface area (TPSA) is 9.23 Å². The lowest BCUT2D eigenvalue weighted by molar-refractivity contribution is 0.00842. The SMILES string of the molecule is Ic1ccc(C2COC2)cc1. The molecular formula is C9H9IO. The zero-order chi connectivity index (χ0) is 7.68. The van der Waals surface area contributed by atoms with Gasteiger partial charge in [-0.05, 0) is 40.3 Å². The Labute approximate surface area is 79.9 Å². The molecule has 1 aromatic carbocycles. The summed E-state index contributed by atoms with van der Waals surface area (Å²) in [5, 5.41) is 0. The predicted octanol–water partition coefficient (Wildman–Crippen LogP) is 2.41. The van der Waals surface area contributed by atoms with Gasteiger partial charge in [0.2, 0.25) is 0 Å². The second-order valence-corrected chi connectivity index (χ2v) is 4.03. The molecule has 1 aromatic rings. The molecule has 1 saturated heterocycles. The number of halogens is 1. The fraction of sp³-hybridized carbons (Fsp3) is 0.333. The summed E-state index contributed by atoms with van der Waals surface area (Å²) in [6.45, 7) is 1.81. The van der Waals surface area contributed by atoms with Gasteiger partial charge in [-0.2, -0.15) is 0 Å². The molecule has 0 aromatic heterocycles. The summed E-state index contributed by atoms with van der Waals surface area (Å²) in [5.74, 6) is 0.659. The summed E-state index contributed by atoms with van der Waals surface area (Å²) >= 11 is 2.32. The lowest BCUT2D eigenvalue weighted by atomic mass is 9.98. The lowest BCUT2D eigenvalue weighted by Gasteiger charge is -2.26. The largest absolute Gasteiger partial charge is 0.380 e. The molecule has 0 atom stereocenters. The maximum atomic E-state index is 5.12. The predicted molar refractivity (Wildman–Crippen MR) is 52.7 cm³/mol. The standard InChI is InChI=1S/C9H9IO/c10-9-3-1-7(2-4-9)8-5-11-6-8/h1-4,8H,5-6H2. The van der Waals surface area contributed by atoms with Crippen molar-refractivity contribution in [1.29, 1.82) is 0 Å². The average Bonchev–Trinajstić information content (AvgIpc) is 1.90. The van der Waals surface area contributed by atoms with Crippen LogP contribution in [-0.4, -0.2) is 13.2 Å². The Kier molecular flexibility index (Phi) is 2.13. The summed E-state index contributed by atoms with van der Waals surface area (Å²) in [4.78, 5) is 0. The zero-order valence-electron chi connectivity index (χ0n) is 6.09. The third kappa shape index (κ3) is 1.56. The van der Waals surface area contributed by atoms with Crippen LogP contribution in [0, 0.1) is 3.57 Å². The van der Waals surface area contributed by atoms with Crippen molar-refractivity contribution in [2.45, 2.75) is 5.92 Å². The Morgan fingerprint density at radius 3 is 2.27 bits per heavy atom. The van der Waals surface area contributed by atoms with E-state index in [-0.39, 0.29) is 0 Å². The van der Waals surface area contributed by atoms with E-state index < -0.39 is 0 Å². The molecule has 1 nitrogen and oxygen atoms in total. The van der Waals surface area contributed by atoms with Crippen LogP contribution in [0.1, 0.15) is 11.5 Å². The van der Waals surface area contributed by atoms with Crippen molar-refractivity contribution in [3.8, 4) is 0 Å². The van der Waals surface area contributed by atoms with Crippen molar-refractivity contribution >= 4 is 22.6 Å². The number of rotatable bonds is 1. The highest BCUT2D eigenvalue weighted by molar-refractivity contribution is 14.1. The molecule has 1 heterocycles. The molecule has 0 unspecified atom stereocenters. The summed E-state index contributed by atoms with van der Waals surface area (Å²) in [6, 6.07) is 8.67. The molecule has 0 N–H and O–H groups in total. The second kappa shape index (κ2) is 3.11.